The minimum Gasteiger partial charge on any atom is -0.480 e. The number of carboxylic acids is 1. The van der Waals surface area contributed by atoms with Gasteiger partial charge in [0.1, 0.15) is 6.04 Å². The molecule has 16 heavy (non-hydrogen) atoms. The summed E-state index contributed by atoms with van der Waals surface area (Å²) in [4.78, 5) is 12.8. The lowest BCUT2D eigenvalue weighted by atomic mass is 10.1. The van der Waals surface area contributed by atoms with Crippen LogP contribution < -0.4 is 0 Å². The Morgan fingerprint density at radius 2 is 1.75 bits per heavy atom. The van der Waals surface area contributed by atoms with E-state index in [-0.39, 0.29) is 6.04 Å². The molecule has 1 N–H and O–H groups in total. The third-order valence-corrected chi connectivity index (χ3v) is 3.39. The van der Waals surface area contributed by atoms with E-state index in [0.29, 0.717) is 6.04 Å². The fourth-order valence-electron chi connectivity index (χ4n) is 1.80. The topological polar surface area (TPSA) is 40.5 Å². The Hall–Kier alpha value is -0.570. The van der Waals surface area contributed by atoms with Gasteiger partial charge in [-0.15, -0.1) is 0 Å². The first-order valence-electron chi connectivity index (χ1n) is 6.45. The average molecular weight is 229 g/mol. The van der Waals surface area contributed by atoms with Gasteiger partial charge in [-0.2, -0.15) is 0 Å². The number of hydrogen-bond acceptors (Lipinski definition) is 2. The normalized spacial score (nSPS) is 15.1. The molecule has 0 aromatic carbocycles. The van der Waals surface area contributed by atoms with Gasteiger partial charge in [0.25, 0.3) is 0 Å². The van der Waals surface area contributed by atoms with E-state index in [1.165, 1.54) is 32.1 Å². The zero-order chi connectivity index (χ0) is 12.6. The van der Waals surface area contributed by atoms with Crippen molar-refractivity contribution in [2.45, 2.75) is 71.4 Å². The summed E-state index contributed by atoms with van der Waals surface area (Å²) in [7, 11) is 1.90. The molecule has 0 saturated heterocycles. The van der Waals surface area contributed by atoms with Gasteiger partial charge in [0.2, 0.25) is 0 Å². The highest BCUT2D eigenvalue weighted by Crippen LogP contribution is 2.12. The maximum absolute atomic E-state index is 10.8. The van der Waals surface area contributed by atoms with Crippen LogP contribution in [0.25, 0.3) is 0 Å². The van der Waals surface area contributed by atoms with E-state index in [4.69, 9.17) is 5.11 Å². The fourth-order valence-corrected chi connectivity index (χ4v) is 1.80. The van der Waals surface area contributed by atoms with Crippen molar-refractivity contribution in [1.29, 1.82) is 0 Å². The lowest BCUT2D eigenvalue weighted by molar-refractivity contribution is -0.142. The van der Waals surface area contributed by atoms with Gasteiger partial charge in [0.05, 0.1) is 0 Å². The molecule has 0 saturated carbocycles. The van der Waals surface area contributed by atoms with Crippen LogP contribution in [0.1, 0.15) is 59.3 Å². The quantitative estimate of drug-likeness (QED) is 0.617. The molecule has 2 atom stereocenters. The van der Waals surface area contributed by atoms with Crippen LogP contribution in [-0.2, 0) is 4.79 Å². The van der Waals surface area contributed by atoms with Crippen molar-refractivity contribution in [2.24, 2.45) is 0 Å². The number of aliphatic carboxylic acids is 1. The highest BCUT2D eigenvalue weighted by Gasteiger charge is 2.20. The lowest BCUT2D eigenvalue weighted by Gasteiger charge is -2.28. The smallest absolute Gasteiger partial charge is 0.320 e. The molecule has 0 spiro atoms. The van der Waals surface area contributed by atoms with Crippen LogP contribution in [0, 0.1) is 0 Å². The largest absolute Gasteiger partial charge is 0.480 e. The van der Waals surface area contributed by atoms with Crippen molar-refractivity contribution in [3.05, 3.63) is 0 Å². The predicted molar refractivity (Wildman–Crippen MR) is 67.7 cm³/mol. The maximum Gasteiger partial charge on any atom is 0.320 e. The monoisotopic (exact) mass is 229 g/mol. The van der Waals surface area contributed by atoms with Gasteiger partial charge in [-0.1, -0.05) is 39.0 Å². The molecule has 0 aromatic heterocycles. The first kappa shape index (κ1) is 15.4. The Morgan fingerprint density at radius 3 is 2.25 bits per heavy atom. The van der Waals surface area contributed by atoms with Crippen molar-refractivity contribution < 1.29 is 9.90 Å². The van der Waals surface area contributed by atoms with Gasteiger partial charge in [0.15, 0.2) is 0 Å². The summed E-state index contributed by atoms with van der Waals surface area (Å²) < 4.78 is 0. The van der Waals surface area contributed by atoms with Crippen LogP contribution in [-0.4, -0.2) is 35.1 Å². The van der Waals surface area contributed by atoms with Gasteiger partial charge in [-0.25, -0.2) is 0 Å². The van der Waals surface area contributed by atoms with Crippen LogP contribution in [0.4, 0.5) is 0 Å². The standard InChI is InChI=1S/C13H27NO2/c1-5-6-7-8-9-10-11(2)14(4)12(3)13(15)16/h11-12H,5-10H2,1-4H3,(H,15,16). The number of rotatable bonds is 9. The molecule has 0 aliphatic heterocycles. The lowest BCUT2D eigenvalue weighted by Crippen LogP contribution is -2.41. The molecule has 3 nitrogen and oxygen atoms in total. The molecule has 0 fully saturated rings. The number of hydrogen-bond donors (Lipinski definition) is 1. The minimum atomic E-state index is -0.736. The van der Waals surface area contributed by atoms with Crippen molar-refractivity contribution in [3.8, 4) is 0 Å². The number of nitrogens with zero attached hydrogens (tertiary/aromatic N) is 1. The third kappa shape index (κ3) is 6.11. The zero-order valence-corrected chi connectivity index (χ0v) is 11.2. The Morgan fingerprint density at radius 1 is 1.19 bits per heavy atom. The second-order valence-corrected chi connectivity index (χ2v) is 4.73. The summed E-state index contributed by atoms with van der Waals surface area (Å²) in [5.74, 6) is -0.736. The molecule has 0 rings (SSSR count). The molecule has 0 amide bonds. The fraction of sp³-hybridized carbons (Fsp3) is 0.923. The van der Waals surface area contributed by atoms with E-state index in [0.717, 1.165) is 6.42 Å². The van der Waals surface area contributed by atoms with Crippen LogP contribution in [0.5, 0.6) is 0 Å². The summed E-state index contributed by atoms with van der Waals surface area (Å²) in [5, 5.41) is 8.90. The molecular formula is C13H27NO2. The molecule has 0 aliphatic rings. The number of carboxylic acid groups (broad SMARTS) is 1. The summed E-state index contributed by atoms with van der Waals surface area (Å²) >= 11 is 0. The number of likely N-dealkylation sites (N-methyl/N-ethyl adjacent to an activating group) is 1. The molecule has 96 valence electrons. The van der Waals surface area contributed by atoms with E-state index in [2.05, 4.69) is 13.8 Å². The van der Waals surface area contributed by atoms with Crippen molar-refractivity contribution in [1.82, 2.24) is 4.90 Å². The van der Waals surface area contributed by atoms with E-state index in [1.54, 1.807) is 6.92 Å². The highest BCUT2D eigenvalue weighted by molar-refractivity contribution is 5.72. The Bertz CT molecular complexity index is 194. The van der Waals surface area contributed by atoms with Gasteiger partial charge in [-0.3, -0.25) is 9.69 Å². The predicted octanol–water partition coefficient (Wildman–Crippen LogP) is 3.14. The molecule has 0 heterocycles. The Kier molecular flexibility index (Phi) is 8.26. The van der Waals surface area contributed by atoms with Gasteiger partial charge >= 0.3 is 5.97 Å². The molecule has 0 aliphatic carbocycles. The molecular weight excluding hydrogens is 202 g/mol. The first-order chi connectivity index (χ1) is 7.50. The summed E-state index contributed by atoms with van der Waals surface area (Å²) in [6.45, 7) is 6.07. The van der Waals surface area contributed by atoms with E-state index in [1.807, 2.05) is 11.9 Å². The summed E-state index contributed by atoms with van der Waals surface area (Å²) in [6.07, 6.45) is 7.46. The Balaban J connectivity index is 3.70. The van der Waals surface area contributed by atoms with Gasteiger partial charge < -0.3 is 5.11 Å². The van der Waals surface area contributed by atoms with E-state index >= 15 is 0 Å². The maximum atomic E-state index is 10.8. The van der Waals surface area contributed by atoms with Crippen LogP contribution in [0.3, 0.4) is 0 Å². The molecule has 0 aromatic rings. The first-order valence-corrected chi connectivity index (χ1v) is 6.45. The second kappa shape index (κ2) is 8.57. The van der Waals surface area contributed by atoms with Crippen molar-refractivity contribution in [3.63, 3.8) is 0 Å². The molecule has 0 bridgehead atoms. The van der Waals surface area contributed by atoms with Gasteiger partial charge in [0, 0.05) is 6.04 Å². The van der Waals surface area contributed by atoms with Crippen LogP contribution in [0.2, 0.25) is 0 Å². The van der Waals surface area contributed by atoms with Crippen LogP contribution in [0.15, 0.2) is 0 Å². The highest BCUT2D eigenvalue weighted by atomic mass is 16.4. The van der Waals surface area contributed by atoms with E-state index in [9.17, 15) is 4.79 Å². The SMILES string of the molecule is CCCCCCCC(C)N(C)C(C)C(=O)O. The van der Waals surface area contributed by atoms with Crippen LogP contribution >= 0.6 is 0 Å². The zero-order valence-electron chi connectivity index (χ0n) is 11.2. The van der Waals surface area contributed by atoms with E-state index < -0.39 is 5.97 Å². The second-order valence-electron chi connectivity index (χ2n) is 4.73. The number of unbranched alkanes of at least 4 members (excludes halogenated alkanes) is 4. The van der Waals surface area contributed by atoms with Crippen molar-refractivity contribution >= 4 is 5.97 Å². The molecule has 0 radical (unpaired) electrons. The average Bonchev–Trinajstić information content (AvgIpc) is 2.26. The summed E-state index contributed by atoms with van der Waals surface area (Å²) in [6, 6.07) is -0.0293. The molecule has 3 heteroatoms. The third-order valence-electron chi connectivity index (χ3n) is 3.39. The number of carbonyl (C=O) groups is 1. The molecule has 2 unspecified atom stereocenters. The van der Waals surface area contributed by atoms with Crippen molar-refractivity contribution in [2.75, 3.05) is 7.05 Å². The summed E-state index contributed by atoms with van der Waals surface area (Å²) in [5.41, 5.74) is 0. The van der Waals surface area contributed by atoms with Gasteiger partial charge in [-0.05, 0) is 27.3 Å². The minimum absolute atomic E-state index is 0.354. The Labute approximate surface area is 99.8 Å².